The van der Waals surface area contributed by atoms with E-state index in [4.69, 9.17) is 21.6 Å². The van der Waals surface area contributed by atoms with E-state index in [0.717, 1.165) is 46.5 Å². The molecule has 0 bridgehead atoms. The van der Waals surface area contributed by atoms with Crippen molar-refractivity contribution in [3.63, 3.8) is 0 Å². The van der Waals surface area contributed by atoms with Crippen LogP contribution in [0.25, 0.3) is 33.4 Å². The highest BCUT2D eigenvalue weighted by atomic mass is 35.5. The first-order chi connectivity index (χ1) is 15.8. The van der Waals surface area contributed by atoms with E-state index in [1.807, 2.05) is 60.8 Å². The zero-order valence-electron chi connectivity index (χ0n) is 17.4. The van der Waals surface area contributed by atoms with Gasteiger partial charge in [-0.3, -0.25) is 4.98 Å². The summed E-state index contributed by atoms with van der Waals surface area (Å²) in [7, 11) is 0. The summed E-state index contributed by atoms with van der Waals surface area (Å²) in [5, 5.41) is 5.07. The molecule has 1 N–H and O–H groups in total. The standard InChI is InChI=1S/C27H21ClN4/c28-22-13-14-24-25(18-22)31-26(32-27(24)30-17-15-23-8-4-5-16-29-23)21-11-9-20(10-12-21)19-6-2-1-3-7-19/h1-14,16,18H,15,17H2,(H,30,31,32). The van der Waals surface area contributed by atoms with Gasteiger partial charge >= 0.3 is 0 Å². The summed E-state index contributed by atoms with van der Waals surface area (Å²) >= 11 is 6.25. The summed E-state index contributed by atoms with van der Waals surface area (Å²) in [5.41, 5.74) is 5.15. The summed E-state index contributed by atoms with van der Waals surface area (Å²) in [6.07, 6.45) is 2.62. The molecule has 2 aromatic heterocycles. The predicted molar refractivity (Wildman–Crippen MR) is 132 cm³/mol. The highest BCUT2D eigenvalue weighted by Gasteiger charge is 2.11. The van der Waals surface area contributed by atoms with Crippen molar-refractivity contribution in [2.24, 2.45) is 0 Å². The number of nitrogens with zero attached hydrogens (tertiary/aromatic N) is 3. The van der Waals surface area contributed by atoms with Crippen molar-refractivity contribution in [3.05, 3.63) is 108 Å². The van der Waals surface area contributed by atoms with Crippen LogP contribution in [0.1, 0.15) is 5.69 Å². The highest BCUT2D eigenvalue weighted by molar-refractivity contribution is 6.31. The van der Waals surface area contributed by atoms with Crippen molar-refractivity contribution in [2.75, 3.05) is 11.9 Å². The number of benzene rings is 3. The topological polar surface area (TPSA) is 50.7 Å². The van der Waals surface area contributed by atoms with Crippen molar-refractivity contribution in [1.29, 1.82) is 0 Å². The Morgan fingerprint density at radius 2 is 1.47 bits per heavy atom. The number of nitrogens with one attached hydrogen (secondary N) is 1. The van der Waals surface area contributed by atoms with Gasteiger partial charge in [0.05, 0.1) is 5.52 Å². The number of anilines is 1. The summed E-state index contributed by atoms with van der Waals surface area (Å²) < 4.78 is 0. The maximum atomic E-state index is 6.25. The Morgan fingerprint density at radius 1 is 0.719 bits per heavy atom. The van der Waals surface area contributed by atoms with Gasteiger partial charge in [-0.25, -0.2) is 9.97 Å². The van der Waals surface area contributed by atoms with E-state index < -0.39 is 0 Å². The van der Waals surface area contributed by atoms with Gasteiger partial charge < -0.3 is 5.32 Å². The molecule has 156 valence electrons. The fraction of sp³-hybridized carbons (Fsp3) is 0.0741. The van der Waals surface area contributed by atoms with Crippen molar-refractivity contribution in [3.8, 4) is 22.5 Å². The fourth-order valence-electron chi connectivity index (χ4n) is 3.66. The van der Waals surface area contributed by atoms with Crippen molar-refractivity contribution < 1.29 is 0 Å². The second-order valence-electron chi connectivity index (χ2n) is 7.50. The molecule has 0 spiro atoms. The summed E-state index contributed by atoms with van der Waals surface area (Å²) in [5.74, 6) is 1.46. The van der Waals surface area contributed by atoms with Crippen LogP contribution in [0.2, 0.25) is 5.02 Å². The smallest absolute Gasteiger partial charge is 0.162 e. The van der Waals surface area contributed by atoms with E-state index in [9.17, 15) is 0 Å². The second kappa shape index (κ2) is 9.16. The van der Waals surface area contributed by atoms with Gasteiger partial charge in [0.2, 0.25) is 0 Å². The second-order valence-corrected chi connectivity index (χ2v) is 7.93. The molecule has 0 aliphatic carbocycles. The van der Waals surface area contributed by atoms with Crippen LogP contribution in [0.3, 0.4) is 0 Å². The molecule has 5 heteroatoms. The van der Waals surface area contributed by atoms with Crippen LogP contribution >= 0.6 is 11.6 Å². The third-order valence-electron chi connectivity index (χ3n) is 5.31. The molecule has 0 aliphatic heterocycles. The van der Waals surface area contributed by atoms with Crippen LogP contribution in [0.4, 0.5) is 5.82 Å². The highest BCUT2D eigenvalue weighted by Crippen LogP contribution is 2.28. The lowest BCUT2D eigenvalue weighted by Crippen LogP contribution is -2.09. The zero-order chi connectivity index (χ0) is 21.8. The van der Waals surface area contributed by atoms with Crippen LogP contribution in [0.15, 0.2) is 97.2 Å². The van der Waals surface area contributed by atoms with E-state index in [1.54, 1.807) is 0 Å². The molecule has 0 aliphatic rings. The van der Waals surface area contributed by atoms with Crippen molar-refractivity contribution in [1.82, 2.24) is 15.0 Å². The predicted octanol–water partition coefficient (Wildman–Crippen LogP) is 6.67. The van der Waals surface area contributed by atoms with Gasteiger partial charge in [-0.1, -0.05) is 72.3 Å². The SMILES string of the molecule is Clc1ccc2c(NCCc3ccccn3)nc(-c3ccc(-c4ccccc4)cc3)nc2c1. The molecule has 5 rings (SSSR count). The quantitative estimate of drug-likeness (QED) is 0.323. The van der Waals surface area contributed by atoms with Gasteiger partial charge in [-0.2, -0.15) is 0 Å². The molecule has 0 saturated carbocycles. The van der Waals surface area contributed by atoms with E-state index >= 15 is 0 Å². The molecule has 32 heavy (non-hydrogen) atoms. The molecule has 0 atom stereocenters. The van der Waals surface area contributed by atoms with Gasteiger partial charge in [-0.05, 0) is 41.5 Å². The Bertz CT molecular complexity index is 1340. The lowest BCUT2D eigenvalue weighted by Gasteiger charge is -2.12. The van der Waals surface area contributed by atoms with Crippen LogP contribution in [-0.2, 0) is 6.42 Å². The van der Waals surface area contributed by atoms with Crippen LogP contribution in [-0.4, -0.2) is 21.5 Å². The molecule has 0 radical (unpaired) electrons. The average molecular weight is 437 g/mol. The van der Waals surface area contributed by atoms with Crippen LogP contribution < -0.4 is 5.32 Å². The third kappa shape index (κ3) is 4.46. The number of rotatable bonds is 6. The number of pyridine rings is 1. The largest absolute Gasteiger partial charge is 0.369 e. The Balaban J connectivity index is 1.46. The summed E-state index contributed by atoms with van der Waals surface area (Å²) in [6.45, 7) is 0.720. The molecule has 3 aromatic carbocycles. The molecule has 0 fully saturated rings. The summed E-state index contributed by atoms with van der Waals surface area (Å²) in [4.78, 5) is 14.0. The van der Waals surface area contributed by atoms with Crippen molar-refractivity contribution in [2.45, 2.75) is 6.42 Å². The minimum Gasteiger partial charge on any atom is -0.369 e. The van der Waals surface area contributed by atoms with Gasteiger partial charge in [-0.15, -0.1) is 0 Å². The molecule has 0 saturated heterocycles. The Kier molecular flexibility index (Phi) is 5.77. The molecule has 0 unspecified atom stereocenters. The molecular formula is C27H21ClN4. The van der Waals surface area contributed by atoms with E-state index in [0.29, 0.717) is 10.8 Å². The Hall–Kier alpha value is -3.76. The zero-order valence-corrected chi connectivity index (χ0v) is 18.1. The van der Waals surface area contributed by atoms with Gasteiger partial charge in [0.25, 0.3) is 0 Å². The van der Waals surface area contributed by atoms with Crippen molar-refractivity contribution >= 4 is 28.3 Å². The molecular weight excluding hydrogens is 416 g/mol. The monoisotopic (exact) mass is 436 g/mol. The first-order valence-electron chi connectivity index (χ1n) is 10.5. The number of fused-ring (bicyclic) bond motifs is 1. The van der Waals surface area contributed by atoms with Gasteiger partial charge in [0.15, 0.2) is 5.82 Å². The molecule has 0 amide bonds. The fourth-order valence-corrected chi connectivity index (χ4v) is 3.83. The van der Waals surface area contributed by atoms with Crippen LogP contribution in [0.5, 0.6) is 0 Å². The number of aromatic nitrogens is 3. The minimum absolute atomic E-state index is 0.654. The first kappa shape index (κ1) is 20.2. The van der Waals surface area contributed by atoms with E-state index in [1.165, 1.54) is 5.56 Å². The number of hydrogen-bond acceptors (Lipinski definition) is 4. The maximum Gasteiger partial charge on any atom is 0.162 e. The number of halogens is 1. The normalized spacial score (nSPS) is 10.9. The average Bonchev–Trinajstić information content (AvgIpc) is 2.85. The minimum atomic E-state index is 0.654. The number of hydrogen-bond donors (Lipinski definition) is 1. The van der Waals surface area contributed by atoms with Crippen LogP contribution in [0, 0.1) is 0 Å². The Morgan fingerprint density at radius 3 is 2.25 bits per heavy atom. The lowest BCUT2D eigenvalue weighted by atomic mass is 10.0. The van der Waals surface area contributed by atoms with E-state index in [2.05, 4.69) is 46.7 Å². The molecule has 4 nitrogen and oxygen atoms in total. The first-order valence-corrected chi connectivity index (χ1v) is 10.9. The Labute approximate surface area is 192 Å². The molecule has 2 heterocycles. The van der Waals surface area contributed by atoms with Gasteiger partial charge in [0, 0.05) is 40.8 Å². The van der Waals surface area contributed by atoms with E-state index in [-0.39, 0.29) is 0 Å². The maximum absolute atomic E-state index is 6.25. The van der Waals surface area contributed by atoms with Gasteiger partial charge in [0.1, 0.15) is 5.82 Å². The summed E-state index contributed by atoms with van der Waals surface area (Å²) in [6, 6.07) is 30.3. The lowest BCUT2D eigenvalue weighted by molar-refractivity contribution is 0.955. The third-order valence-corrected chi connectivity index (χ3v) is 5.54. The molecule has 5 aromatic rings.